The summed E-state index contributed by atoms with van der Waals surface area (Å²) < 4.78 is 9.66. The Kier molecular flexibility index (Phi) is 7.18. The molecule has 36 heavy (non-hydrogen) atoms. The van der Waals surface area contributed by atoms with Crippen LogP contribution >= 0.6 is 45.3 Å². The summed E-state index contributed by atoms with van der Waals surface area (Å²) >= 11 is 7.71. The van der Waals surface area contributed by atoms with Crippen molar-refractivity contribution in [1.82, 2.24) is 0 Å². The molecule has 2 aliphatic carbocycles. The third-order valence-corrected chi connectivity index (χ3v) is 19.5. The van der Waals surface area contributed by atoms with E-state index in [1.54, 1.807) is 43.9 Å². The fraction of sp³-hybridized carbons (Fsp3) is 0.379. The van der Waals surface area contributed by atoms with Gasteiger partial charge < -0.3 is 0 Å². The second-order valence-electron chi connectivity index (χ2n) is 9.93. The summed E-state index contributed by atoms with van der Waals surface area (Å²) in [4.78, 5) is 4.82. The third-order valence-electron chi connectivity index (χ3n) is 7.29. The number of thiophene rings is 4. The zero-order valence-corrected chi connectivity index (χ0v) is 27.9. The summed E-state index contributed by atoms with van der Waals surface area (Å²) in [7, 11) is 0. The van der Waals surface area contributed by atoms with Gasteiger partial charge in [-0.05, 0) is 0 Å². The number of rotatable bonds is 4. The molecular weight excluding hydrogens is 744 g/mol. The van der Waals surface area contributed by atoms with Crippen molar-refractivity contribution in [2.45, 2.75) is 71.1 Å². The van der Waals surface area contributed by atoms with Gasteiger partial charge in [-0.2, -0.15) is 0 Å². The van der Waals surface area contributed by atoms with Gasteiger partial charge in [-0.15, -0.1) is 0 Å². The van der Waals surface area contributed by atoms with E-state index in [9.17, 15) is 0 Å². The Morgan fingerprint density at radius 3 is 1.75 bits per heavy atom. The van der Waals surface area contributed by atoms with Crippen LogP contribution in [0.1, 0.15) is 64.3 Å². The first-order valence-corrected chi connectivity index (χ1v) is 20.5. The number of hydrogen-bond donors (Lipinski definition) is 1. The Balaban J connectivity index is 1.34. The molecule has 0 aliphatic heterocycles. The molecule has 4 heterocycles. The van der Waals surface area contributed by atoms with Crippen LogP contribution in [0.15, 0.2) is 24.3 Å². The number of nitrogen functional groups attached to an aromatic ring is 1. The SMILES string of the molecule is Cc1cc2c([I-]c3cc4c(s3)CCCCC4)c3sc(N)cc3c([I-]c3cc4c(s3)CCCCC4)c2s1. The fourth-order valence-corrected chi connectivity index (χ4v) is 18.9. The zero-order chi connectivity index (χ0) is 24.2. The average Bonchev–Trinajstić information content (AvgIpc) is 3.56. The van der Waals surface area contributed by atoms with Crippen LogP contribution in [0.25, 0.3) is 20.2 Å². The predicted octanol–water partition coefficient (Wildman–Crippen LogP) is 2.92. The van der Waals surface area contributed by atoms with E-state index in [-0.39, 0.29) is 42.4 Å². The molecule has 0 bridgehead atoms. The zero-order valence-electron chi connectivity index (χ0n) is 20.3. The van der Waals surface area contributed by atoms with E-state index >= 15 is 0 Å². The number of nitrogens with two attached hydrogens (primary N) is 1. The van der Waals surface area contributed by atoms with Crippen molar-refractivity contribution in [2.24, 2.45) is 0 Å². The Morgan fingerprint density at radius 2 is 1.14 bits per heavy atom. The molecule has 0 radical (unpaired) electrons. The van der Waals surface area contributed by atoms with Gasteiger partial charge in [0, 0.05) is 0 Å². The molecular formula is C29H29I2NS4-2. The first-order valence-electron chi connectivity index (χ1n) is 12.9. The number of hydrogen-bond acceptors (Lipinski definition) is 5. The molecule has 0 atom stereocenters. The van der Waals surface area contributed by atoms with Gasteiger partial charge in [-0.3, -0.25) is 0 Å². The van der Waals surface area contributed by atoms with Crippen molar-refractivity contribution in [3.8, 4) is 0 Å². The van der Waals surface area contributed by atoms with Crippen molar-refractivity contribution in [3.05, 3.63) is 62.9 Å². The van der Waals surface area contributed by atoms with Gasteiger partial charge in [0.1, 0.15) is 0 Å². The van der Waals surface area contributed by atoms with Crippen molar-refractivity contribution in [1.29, 1.82) is 0 Å². The molecule has 2 N–H and O–H groups in total. The quantitative estimate of drug-likeness (QED) is 0.221. The average molecular weight is 774 g/mol. The minimum absolute atomic E-state index is 0.218. The summed E-state index contributed by atoms with van der Waals surface area (Å²) in [5.41, 5.74) is 9.84. The van der Waals surface area contributed by atoms with E-state index in [0.717, 1.165) is 5.00 Å². The van der Waals surface area contributed by atoms with E-state index in [0.29, 0.717) is 0 Å². The van der Waals surface area contributed by atoms with E-state index in [4.69, 9.17) is 5.73 Å². The number of anilines is 1. The van der Waals surface area contributed by atoms with Crippen LogP contribution in [0.4, 0.5) is 5.00 Å². The van der Waals surface area contributed by atoms with Crippen LogP contribution in [-0.4, -0.2) is 0 Å². The molecule has 0 saturated heterocycles. The van der Waals surface area contributed by atoms with Crippen LogP contribution in [0, 0.1) is 19.8 Å². The molecule has 0 amide bonds. The summed E-state index contributed by atoms with van der Waals surface area (Å²) in [6.45, 7) is 2.30. The number of halogens is 2. The topological polar surface area (TPSA) is 26.0 Å². The molecule has 0 fully saturated rings. The van der Waals surface area contributed by atoms with Crippen molar-refractivity contribution in [2.75, 3.05) is 5.73 Å². The monoisotopic (exact) mass is 773 g/mol. The molecule has 5 aromatic rings. The molecule has 4 aromatic heterocycles. The second-order valence-corrected chi connectivity index (χ2v) is 21.6. The Labute approximate surface area is 250 Å². The van der Waals surface area contributed by atoms with E-state index in [2.05, 4.69) is 53.9 Å². The van der Waals surface area contributed by atoms with Crippen LogP contribution in [0.2, 0.25) is 0 Å². The van der Waals surface area contributed by atoms with Gasteiger partial charge in [0.25, 0.3) is 0 Å². The van der Waals surface area contributed by atoms with E-state index < -0.39 is 0 Å². The molecule has 0 spiro atoms. The molecule has 7 rings (SSSR count). The normalized spacial score (nSPS) is 16.5. The Bertz CT molecular complexity index is 1370. The van der Waals surface area contributed by atoms with Gasteiger partial charge in [0.2, 0.25) is 0 Å². The fourth-order valence-electron chi connectivity index (χ4n) is 5.55. The summed E-state index contributed by atoms with van der Waals surface area (Å²) in [6, 6.07) is 10.00. The molecule has 190 valence electrons. The van der Waals surface area contributed by atoms with Gasteiger partial charge in [0.15, 0.2) is 0 Å². The maximum absolute atomic E-state index is 6.52. The standard InChI is InChI=1S/C29H29I2NS4/c1-16-12-19-26(30-23-13-17-8-4-2-6-10-21(17)34-23)29-20(15-25(32)36-29)27(28(19)33-16)31-24-14-18-9-5-3-7-11-22(18)35-24/h12-15H,2-11,32H2,1H3/q-2. The summed E-state index contributed by atoms with van der Waals surface area (Å²) in [6.07, 6.45) is 13.4. The van der Waals surface area contributed by atoms with Gasteiger partial charge in [-0.25, -0.2) is 0 Å². The van der Waals surface area contributed by atoms with Crippen LogP contribution in [0.3, 0.4) is 0 Å². The van der Waals surface area contributed by atoms with Crippen molar-refractivity contribution < 1.29 is 42.4 Å². The Hall–Kier alpha value is -0.200. The van der Waals surface area contributed by atoms with Crippen molar-refractivity contribution in [3.63, 3.8) is 0 Å². The molecule has 2 aliphatic rings. The van der Waals surface area contributed by atoms with Crippen LogP contribution < -0.4 is 48.1 Å². The van der Waals surface area contributed by atoms with E-state index in [1.165, 1.54) is 79.2 Å². The molecule has 0 unspecified atom stereocenters. The molecule has 1 nitrogen and oxygen atoms in total. The first kappa shape index (κ1) is 24.8. The Morgan fingerprint density at radius 1 is 0.611 bits per heavy atom. The van der Waals surface area contributed by atoms with Gasteiger partial charge in [0.05, 0.1) is 0 Å². The number of benzene rings is 1. The van der Waals surface area contributed by atoms with Gasteiger partial charge >= 0.3 is 253 Å². The molecule has 1 aromatic carbocycles. The van der Waals surface area contributed by atoms with Crippen molar-refractivity contribution >= 4 is 70.5 Å². The third kappa shape index (κ3) is 4.72. The van der Waals surface area contributed by atoms with Crippen LogP contribution in [0.5, 0.6) is 0 Å². The number of fused-ring (bicyclic) bond motifs is 4. The summed E-state index contributed by atoms with van der Waals surface area (Å²) in [5, 5.41) is 4.02. The second kappa shape index (κ2) is 10.4. The van der Waals surface area contributed by atoms with Crippen LogP contribution in [-0.2, 0) is 25.7 Å². The van der Waals surface area contributed by atoms with E-state index in [1.807, 2.05) is 22.7 Å². The minimum atomic E-state index is -0.218. The molecule has 7 heteroatoms. The van der Waals surface area contributed by atoms with Gasteiger partial charge in [-0.1, -0.05) is 0 Å². The maximum atomic E-state index is 6.52. The molecule has 0 saturated carbocycles. The first-order chi connectivity index (χ1) is 17.6. The number of aryl methyl sites for hydroxylation is 5. The predicted molar refractivity (Wildman–Crippen MR) is 152 cm³/mol. The summed E-state index contributed by atoms with van der Waals surface area (Å²) in [5.74, 6) is 0.